The van der Waals surface area contributed by atoms with E-state index in [-0.39, 0.29) is 25.7 Å². The van der Waals surface area contributed by atoms with Gasteiger partial charge >= 0.3 is 39.5 Å². The first-order valence-corrected chi connectivity index (χ1v) is 43.4. The largest absolute Gasteiger partial charge is 0.472 e. The summed E-state index contributed by atoms with van der Waals surface area (Å²) in [6.07, 6.45) is 92.0. The van der Waals surface area contributed by atoms with Crippen LogP contribution >= 0.6 is 15.6 Å². The van der Waals surface area contributed by atoms with Crippen molar-refractivity contribution in [3.63, 3.8) is 0 Å². The van der Waals surface area contributed by atoms with Crippen molar-refractivity contribution in [2.24, 2.45) is 0 Å². The molecule has 0 fully saturated rings. The summed E-state index contributed by atoms with van der Waals surface area (Å²) >= 11 is 0. The number of aliphatic hydroxyl groups is 1. The van der Waals surface area contributed by atoms with E-state index in [2.05, 4.69) is 186 Å². The molecule has 0 heterocycles. The van der Waals surface area contributed by atoms with E-state index >= 15 is 0 Å². The van der Waals surface area contributed by atoms with Crippen molar-refractivity contribution < 1.29 is 80.2 Å². The maximum atomic E-state index is 13.1. The number of esters is 4. The highest BCUT2D eigenvalue weighted by Gasteiger charge is 2.30. The molecule has 17 nitrogen and oxygen atoms in total. The topological polar surface area (TPSA) is 237 Å². The summed E-state index contributed by atoms with van der Waals surface area (Å²) in [7, 11) is -10.00. The monoisotopic (exact) mass is 1520 g/mol. The maximum Gasteiger partial charge on any atom is 0.472 e. The molecule has 0 aromatic rings. The van der Waals surface area contributed by atoms with E-state index in [4.69, 9.17) is 37.0 Å². The quantitative estimate of drug-likeness (QED) is 0.0169. The number of aliphatic hydroxyl groups excluding tert-OH is 1. The summed E-state index contributed by atoms with van der Waals surface area (Å²) in [6.45, 7) is 4.40. The number of ether oxygens (including phenoxy) is 4. The molecule has 5 unspecified atom stereocenters. The fourth-order valence-corrected chi connectivity index (χ4v) is 11.7. The highest BCUT2D eigenvalue weighted by molar-refractivity contribution is 7.47. The lowest BCUT2D eigenvalue weighted by Gasteiger charge is -2.21. The lowest BCUT2D eigenvalue weighted by molar-refractivity contribution is -0.161. The van der Waals surface area contributed by atoms with Gasteiger partial charge in [0.25, 0.3) is 0 Å². The Balaban J connectivity index is 5.43. The molecule has 0 aliphatic rings. The molecule has 0 bridgehead atoms. The average Bonchev–Trinajstić information content (AvgIpc) is 0.901. The van der Waals surface area contributed by atoms with E-state index in [1.807, 2.05) is 12.2 Å². The van der Waals surface area contributed by atoms with E-state index < -0.39 is 97.5 Å². The van der Waals surface area contributed by atoms with E-state index in [1.54, 1.807) is 0 Å². The van der Waals surface area contributed by atoms with Gasteiger partial charge < -0.3 is 33.8 Å². The summed E-state index contributed by atoms with van der Waals surface area (Å²) in [5.41, 5.74) is 0. The molecule has 0 saturated carbocycles. The highest BCUT2D eigenvalue weighted by atomic mass is 31.2. The molecule has 0 aromatic carbocycles. The van der Waals surface area contributed by atoms with Crippen LogP contribution in [0.3, 0.4) is 0 Å². The molecule has 0 amide bonds. The Morgan fingerprint density at radius 2 is 0.500 bits per heavy atom. The Bertz CT molecular complexity index is 2680. The lowest BCUT2D eigenvalue weighted by Crippen LogP contribution is -2.30. The van der Waals surface area contributed by atoms with Gasteiger partial charge in [0.05, 0.1) is 26.4 Å². The molecular formula is C87H142O17P2. The van der Waals surface area contributed by atoms with E-state index in [0.717, 1.165) is 173 Å². The zero-order valence-electron chi connectivity index (χ0n) is 65.8. The fraction of sp³-hybridized carbons (Fsp3) is 0.632. The van der Waals surface area contributed by atoms with Crippen molar-refractivity contribution in [2.75, 3.05) is 39.6 Å². The summed E-state index contributed by atoms with van der Waals surface area (Å²) in [4.78, 5) is 73.0. The molecule has 0 aromatic heterocycles. The third-order valence-corrected chi connectivity index (χ3v) is 18.1. The van der Waals surface area contributed by atoms with Gasteiger partial charge in [-0.05, 0) is 148 Å². The summed E-state index contributed by atoms with van der Waals surface area (Å²) in [5.74, 6) is -2.30. The van der Waals surface area contributed by atoms with Crippen LogP contribution in [-0.4, -0.2) is 96.7 Å². The molecule has 5 atom stereocenters. The Hall–Kier alpha value is -5.58. The van der Waals surface area contributed by atoms with Crippen molar-refractivity contribution in [2.45, 2.75) is 316 Å². The Kier molecular flexibility index (Phi) is 73.5. The summed E-state index contributed by atoms with van der Waals surface area (Å²) in [5, 5.41) is 10.6. The Labute approximate surface area is 642 Å². The van der Waals surface area contributed by atoms with Gasteiger partial charge in [-0.3, -0.25) is 37.3 Å². The number of rotatable bonds is 74. The number of carbonyl (C=O) groups is 4. The molecule has 0 spiro atoms. The standard InChI is InChI=1S/C87H142O17P2/c1-5-9-13-17-21-25-29-32-35-38-40-43-45-48-52-55-59-63-67-71-84(89)97-77-82(103-86(91)73-69-65-61-57-51-28-24-20-16-12-8-4)79-101-105(93,94)99-75-81(88)76-100-106(95,96)102-80-83(104-87(92)74-70-66-62-58-54-50-47-42-37-34-31-27-23-19-15-11-7-3)78-98-85(90)72-68-64-60-56-53-49-46-44-41-39-36-33-30-26-22-18-14-10-6-2/h9-11,13-15,21-23,25-27,32-37,40-41,43-44,47-48,50,52,58,62,81-83,88H,5-8,12,16-20,24,28-31,38-39,42,45-46,49,51,53-57,59-61,63-80H2,1-4H3,(H,93,94)(H,95,96)/b13-9-,14-10-,15-11-,25-21-,26-22-,27-23-,35-32-,36-33-,37-34-,43-40-,44-41-,50-47-,52-48-,62-58-. The summed E-state index contributed by atoms with van der Waals surface area (Å²) in [6, 6.07) is 0. The van der Waals surface area contributed by atoms with Gasteiger partial charge in [0.1, 0.15) is 19.3 Å². The Morgan fingerprint density at radius 1 is 0.274 bits per heavy atom. The van der Waals surface area contributed by atoms with Crippen LogP contribution in [0, 0.1) is 0 Å². The van der Waals surface area contributed by atoms with Gasteiger partial charge in [0, 0.05) is 25.7 Å². The van der Waals surface area contributed by atoms with E-state index in [9.17, 15) is 43.2 Å². The van der Waals surface area contributed by atoms with Crippen molar-refractivity contribution in [1.29, 1.82) is 0 Å². The number of carbonyl (C=O) groups excluding carboxylic acids is 4. The molecule has 19 heteroatoms. The van der Waals surface area contributed by atoms with Crippen LogP contribution in [0.25, 0.3) is 0 Å². The molecule has 602 valence electrons. The molecule has 0 saturated heterocycles. The van der Waals surface area contributed by atoms with Crippen LogP contribution in [0.15, 0.2) is 170 Å². The predicted octanol–water partition coefficient (Wildman–Crippen LogP) is 23.8. The van der Waals surface area contributed by atoms with Gasteiger partial charge in [0.2, 0.25) is 0 Å². The molecular weight excluding hydrogens is 1380 g/mol. The fourth-order valence-electron chi connectivity index (χ4n) is 10.2. The molecule has 0 aliphatic heterocycles. The van der Waals surface area contributed by atoms with Crippen LogP contribution in [0.4, 0.5) is 0 Å². The first-order valence-electron chi connectivity index (χ1n) is 40.4. The van der Waals surface area contributed by atoms with Crippen LogP contribution in [0.1, 0.15) is 297 Å². The third-order valence-electron chi connectivity index (χ3n) is 16.2. The highest BCUT2D eigenvalue weighted by Crippen LogP contribution is 2.45. The Morgan fingerprint density at radius 3 is 0.802 bits per heavy atom. The van der Waals surface area contributed by atoms with Crippen molar-refractivity contribution in [3.8, 4) is 0 Å². The second-order valence-corrected chi connectivity index (χ2v) is 29.1. The number of phosphoric acid groups is 2. The molecule has 3 N–H and O–H groups in total. The third kappa shape index (κ3) is 76.6. The molecule has 0 rings (SSSR count). The molecule has 0 radical (unpaired) electrons. The molecule has 106 heavy (non-hydrogen) atoms. The van der Waals surface area contributed by atoms with Crippen LogP contribution in [0.2, 0.25) is 0 Å². The number of hydrogen-bond acceptors (Lipinski definition) is 15. The average molecular weight is 1520 g/mol. The minimum atomic E-state index is -5.01. The van der Waals surface area contributed by atoms with Gasteiger partial charge in [-0.25, -0.2) is 9.13 Å². The van der Waals surface area contributed by atoms with Crippen molar-refractivity contribution >= 4 is 39.5 Å². The van der Waals surface area contributed by atoms with Gasteiger partial charge in [0.15, 0.2) is 12.2 Å². The smallest absolute Gasteiger partial charge is 0.462 e. The zero-order valence-corrected chi connectivity index (χ0v) is 67.6. The summed E-state index contributed by atoms with van der Waals surface area (Å²) < 4.78 is 68.5. The first-order chi connectivity index (χ1) is 51.7. The number of phosphoric ester groups is 2. The second-order valence-electron chi connectivity index (χ2n) is 26.2. The van der Waals surface area contributed by atoms with Crippen LogP contribution in [-0.2, 0) is 65.4 Å². The normalized spacial score (nSPS) is 14.7. The van der Waals surface area contributed by atoms with E-state index in [1.165, 1.54) is 38.5 Å². The van der Waals surface area contributed by atoms with Gasteiger partial charge in [-0.2, -0.15) is 0 Å². The number of allylic oxidation sites excluding steroid dienone is 28. The molecule has 0 aliphatic carbocycles. The van der Waals surface area contributed by atoms with Gasteiger partial charge in [-0.15, -0.1) is 0 Å². The maximum absolute atomic E-state index is 13.1. The van der Waals surface area contributed by atoms with Crippen molar-refractivity contribution in [3.05, 3.63) is 170 Å². The van der Waals surface area contributed by atoms with E-state index in [0.29, 0.717) is 32.1 Å². The van der Waals surface area contributed by atoms with Crippen molar-refractivity contribution in [1.82, 2.24) is 0 Å². The number of unbranched alkanes of at least 4 members (excludes halogenated alkanes) is 20. The second kappa shape index (κ2) is 77.6. The lowest BCUT2D eigenvalue weighted by atomic mass is 10.1. The predicted molar refractivity (Wildman–Crippen MR) is 436 cm³/mol. The SMILES string of the molecule is CC/C=C\C/C=C\C/C=C\C/C=C\C/C=C\CCCCCC(=O)OCC(COP(=O)(O)OCC(O)COP(=O)(O)OCC(COC(=O)CCCCCCCC/C=C\C/C=C\C/C=C\C/C=C\CC)OC(=O)CCC/C=C\C/C=C\C/C=C\C/C=C\C/C=C\CC)OC(=O)CCCCCCCCCCCCC. The van der Waals surface area contributed by atoms with Crippen LogP contribution in [0.5, 0.6) is 0 Å². The minimum absolute atomic E-state index is 0.00709. The zero-order chi connectivity index (χ0) is 77.4. The van der Waals surface area contributed by atoms with Crippen LogP contribution < -0.4 is 0 Å². The van der Waals surface area contributed by atoms with Gasteiger partial charge in [-0.1, -0.05) is 294 Å². The minimum Gasteiger partial charge on any atom is -0.462 e. The number of hydrogen-bond donors (Lipinski definition) is 3. The first kappa shape index (κ1) is 100.